The fraction of sp³-hybridized carbons (Fsp3) is 0.133. The average Bonchev–Trinajstić information content (AvgIpc) is 2.46. The molecule has 2 aromatic rings. The lowest BCUT2D eigenvalue weighted by Gasteiger charge is -2.24. The molecule has 0 aromatic heterocycles. The number of halogens is 2. The molecule has 1 amide bonds. The number of rotatable bonds is 4. The maximum atomic E-state index is 11.0. The predicted molar refractivity (Wildman–Crippen MR) is 83.7 cm³/mol. The molecule has 6 heteroatoms. The average molecular weight is 325 g/mol. The summed E-state index contributed by atoms with van der Waals surface area (Å²) in [5.41, 5.74) is 7.73. The zero-order chi connectivity index (χ0) is 15.4. The Morgan fingerprint density at radius 2 is 1.38 bits per heavy atom. The van der Waals surface area contributed by atoms with E-state index < -0.39 is 18.2 Å². The highest BCUT2D eigenvalue weighted by molar-refractivity contribution is 6.30. The fourth-order valence-corrected chi connectivity index (χ4v) is 2.31. The van der Waals surface area contributed by atoms with Gasteiger partial charge in [-0.15, -0.1) is 0 Å². The molecule has 0 unspecified atom stereocenters. The van der Waals surface area contributed by atoms with Crippen LogP contribution in [0.3, 0.4) is 0 Å². The number of carboxylic acid groups (broad SMARTS) is 1. The first-order valence-electron chi connectivity index (χ1n) is 6.23. The molecule has 0 heterocycles. The SMILES string of the molecule is N[C@H](c1ccc(Cl)cc1)[C@H](NC(=O)O)c1ccc(Cl)cc1. The number of nitrogens with two attached hydrogens (primary N) is 1. The van der Waals surface area contributed by atoms with Crippen LogP contribution >= 0.6 is 23.2 Å². The van der Waals surface area contributed by atoms with Gasteiger partial charge in [0.25, 0.3) is 0 Å². The Labute approximate surface area is 132 Å². The molecule has 2 atom stereocenters. The minimum Gasteiger partial charge on any atom is -0.465 e. The van der Waals surface area contributed by atoms with Crippen LogP contribution in [0.4, 0.5) is 4.79 Å². The summed E-state index contributed by atoms with van der Waals surface area (Å²) >= 11 is 11.7. The third kappa shape index (κ3) is 4.11. The van der Waals surface area contributed by atoms with Crippen LogP contribution in [0.1, 0.15) is 23.2 Å². The van der Waals surface area contributed by atoms with Crippen molar-refractivity contribution in [3.63, 3.8) is 0 Å². The first-order valence-corrected chi connectivity index (χ1v) is 6.99. The highest BCUT2D eigenvalue weighted by atomic mass is 35.5. The van der Waals surface area contributed by atoms with Crippen LogP contribution < -0.4 is 11.1 Å². The highest BCUT2D eigenvalue weighted by Gasteiger charge is 2.23. The Hall–Kier alpha value is -1.75. The Morgan fingerprint density at radius 1 is 0.952 bits per heavy atom. The molecule has 0 spiro atoms. The molecule has 21 heavy (non-hydrogen) atoms. The monoisotopic (exact) mass is 324 g/mol. The summed E-state index contributed by atoms with van der Waals surface area (Å²) in [7, 11) is 0. The Bertz CT molecular complexity index is 615. The van der Waals surface area contributed by atoms with Crippen LogP contribution in [0.5, 0.6) is 0 Å². The van der Waals surface area contributed by atoms with Crippen molar-refractivity contribution < 1.29 is 9.90 Å². The van der Waals surface area contributed by atoms with E-state index >= 15 is 0 Å². The number of hydrogen-bond acceptors (Lipinski definition) is 2. The minimum absolute atomic E-state index is 0.542. The fourth-order valence-electron chi connectivity index (χ4n) is 2.06. The normalized spacial score (nSPS) is 13.5. The molecular weight excluding hydrogens is 311 g/mol. The zero-order valence-electron chi connectivity index (χ0n) is 11.0. The second-order valence-electron chi connectivity index (χ2n) is 4.56. The van der Waals surface area contributed by atoms with Crippen LogP contribution in [0.2, 0.25) is 10.0 Å². The molecule has 0 aliphatic heterocycles. The molecule has 4 nitrogen and oxygen atoms in total. The summed E-state index contributed by atoms with van der Waals surface area (Å²) in [5.74, 6) is 0. The lowest BCUT2D eigenvalue weighted by Crippen LogP contribution is -2.35. The molecule has 4 N–H and O–H groups in total. The molecule has 0 aliphatic rings. The standard InChI is InChI=1S/C15H14Cl2N2O2/c16-11-5-1-9(2-6-11)13(18)14(19-15(20)21)10-3-7-12(17)8-4-10/h1-8,13-14,19H,18H2,(H,20,21)/t13-,14-/m1/s1. The summed E-state index contributed by atoms with van der Waals surface area (Å²) in [4.78, 5) is 11.0. The van der Waals surface area contributed by atoms with Crippen LogP contribution in [0, 0.1) is 0 Å². The molecule has 2 aromatic carbocycles. The van der Waals surface area contributed by atoms with E-state index in [0.717, 1.165) is 11.1 Å². The van der Waals surface area contributed by atoms with E-state index in [1.165, 1.54) is 0 Å². The number of amides is 1. The van der Waals surface area contributed by atoms with E-state index in [0.29, 0.717) is 10.0 Å². The second kappa shape index (κ2) is 6.80. The molecule has 0 saturated carbocycles. The largest absolute Gasteiger partial charge is 0.465 e. The highest BCUT2D eigenvalue weighted by Crippen LogP contribution is 2.28. The lowest BCUT2D eigenvalue weighted by molar-refractivity contribution is 0.187. The molecule has 0 radical (unpaired) electrons. The van der Waals surface area contributed by atoms with Gasteiger partial charge in [-0.2, -0.15) is 0 Å². The van der Waals surface area contributed by atoms with E-state index in [-0.39, 0.29) is 0 Å². The summed E-state index contributed by atoms with van der Waals surface area (Å²) in [6.45, 7) is 0. The Morgan fingerprint density at radius 3 is 1.81 bits per heavy atom. The van der Waals surface area contributed by atoms with Gasteiger partial charge in [0.15, 0.2) is 0 Å². The molecule has 110 valence electrons. The molecule has 2 rings (SSSR count). The first kappa shape index (κ1) is 15.6. The van der Waals surface area contributed by atoms with Gasteiger partial charge in [-0.3, -0.25) is 0 Å². The summed E-state index contributed by atoms with van der Waals surface area (Å²) < 4.78 is 0. The number of hydrogen-bond donors (Lipinski definition) is 3. The van der Waals surface area contributed by atoms with Crippen molar-refractivity contribution in [2.24, 2.45) is 5.73 Å². The molecular formula is C15H14Cl2N2O2. The van der Waals surface area contributed by atoms with Crippen molar-refractivity contribution in [1.82, 2.24) is 5.32 Å². The summed E-state index contributed by atoms with van der Waals surface area (Å²) in [5, 5.41) is 12.6. The van der Waals surface area contributed by atoms with Gasteiger partial charge >= 0.3 is 6.09 Å². The second-order valence-corrected chi connectivity index (χ2v) is 5.43. The van der Waals surface area contributed by atoms with Gasteiger partial charge in [-0.25, -0.2) is 4.79 Å². The molecule has 0 aliphatic carbocycles. The van der Waals surface area contributed by atoms with Crippen molar-refractivity contribution >= 4 is 29.3 Å². The summed E-state index contributed by atoms with van der Waals surface area (Å²) in [6.07, 6.45) is -1.14. The van der Waals surface area contributed by atoms with Crippen LogP contribution in [-0.4, -0.2) is 11.2 Å². The lowest BCUT2D eigenvalue weighted by atomic mass is 9.94. The van der Waals surface area contributed by atoms with Gasteiger partial charge in [0.2, 0.25) is 0 Å². The van der Waals surface area contributed by atoms with Crippen LogP contribution in [0.25, 0.3) is 0 Å². The van der Waals surface area contributed by atoms with Crippen LogP contribution in [0.15, 0.2) is 48.5 Å². The Balaban J connectivity index is 2.32. The molecule has 0 bridgehead atoms. The van der Waals surface area contributed by atoms with Crippen molar-refractivity contribution in [2.45, 2.75) is 12.1 Å². The smallest absolute Gasteiger partial charge is 0.405 e. The topological polar surface area (TPSA) is 75.3 Å². The molecule has 0 fully saturated rings. The van der Waals surface area contributed by atoms with Gasteiger partial charge in [0.1, 0.15) is 0 Å². The van der Waals surface area contributed by atoms with Gasteiger partial charge in [0.05, 0.1) is 12.1 Å². The van der Waals surface area contributed by atoms with Gasteiger partial charge in [0, 0.05) is 10.0 Å². The van der Waals surface area contributed by atoms with Crippen LogP contribution in [-0.2, 0) is 0 Å². The van der Waals surface area contributed by atoms with E-state index in [1.807, 2.05) is 0 Å². The van der Waals surface area contributed by atoms with Gasteiger partial charge in [-0.1, -0.05) is 47.5 Å². The van der Waals surface area contributed by atoms with Crippen molar-refractivity contribution in [3.8, 4) is 0 Å². The number of nitrogens with one attached hydrogen (secondary N) is 1. The predicted octanol–water partition coefficient (Wildman–Crippen LogP) is 4.00. The van der Waals surface area contributed by atoms with E-state index in [2.05, 4.69) is 5.32 Å². The number of benzene rings is 2. The maximum Gasteiger partial charge on any atom is 0.405 e. The zero-order valence-corrected chi connectivity index (χ0v) is 12.5. The van der Waals surface area contributed by atoms with Gasteiger partial charge < -0.3 is 16.2 Å². The number of carbonyl (C=O) groups is 1. The van der Waals surface area contributed by atoms with E-state index in [1.54, 1.807) is 48.5 Å². The summed E-state index contributed by atoms with van der Waals surface area (Å²) in [6, 6.07) is 12.8. The quantitative estimate of drug-likeness (QED) is 0.795. The van der Waals surface area contributed by atoms with Gasteiger partial charge in [-0.05, 0) is 35.4 Å². The minimum atomic E-state index is -1.14. The van der Waals surface area contributed by atoms with Crippen molar-refractivity contribution in [1.29, 1.82) is 0 Å². The maximum absolute atomic E-state index is 11.0. The first-order chi connectivity index (χ1) is 9.97. The molecule has 0 saturated heterocycles. The third-order valence-electron chi connectivity index (χ3n) is 3.12. The third-order valence-corrected chi connectivity index (χ3v) is 3.63. The van der Waals surface area contributed by atoms with E-state index in [9.17, 15) is 4.79 Å². The van der Waals surface area contributed by atoms with Crippen molar-refractivity contribution in [2.75, 3.05) is 0 Å². The van der Waals surface area contributed by atoms with Crippen molar-refractivity contribution in [3.05, 3.63) is 69.7 Å². The van der Waals surface area contributed by atoms with E-state index in [4.69, 9.17) is 34.0 Å². The Kier molecular flexibility index (Phi) is 5.07.